The Balaban J connectivity index is 2.01. The van der Waals surface area contributed by atoms with Gasteiger partial charge in [-0.25, -0.2) is 0 Å². The minimum absolute atomic E-state index is 0.108. The number of ether oxygens (including phenoxy) is 1. The molecular weight excluding hydrogens is 378 g/mol. The lowest BCUT2D eigenvalue weighted by molar-refractivity contribution is 0.123. The van der Waals surface area contributed by atoms with Crippen LogP contribution in [0.1, 0.15) is 4.88 Å². The molecule has 4 rings (SSSR count). The van der Waals surface area contributed by atoms with E-state index >= 15 is 0 Å². The zero-order chi connectivity index (χ0) is 20.1. The third-order valence-electron chi connectivity index (χ3n) is 4.86. The number of benzene rings is 2. The smallest absolute Gasteiger partial charge is 0.131 e. The van der Waals surface area contributed by atoms with Crippen molar-refractivity contribution in [2.75, 3.05) is 31.2 Å². The summed E-state index contributed by atoms with van der Waals surface area (Å²) in [7, 11) is 0. The average molecular weight is 398 g/mol. The number of hydrogen-bond donors (Lipinski definition) is 0. The molecule has 0 unspecified atom stereocenters. The van der Waals surface area contributed by atoms with E-state index in [0.717, 1.165) is 45.2 Å². The van der Waals surface area contributed by atoms with Crippen LogP contribution in [0, 0.1) is 22.7 Å². The van der Waals surface area contributed by atoms with E-state index in [9.17, 15) is 10.5 Å². The number of nitriles is 2. The van der Waals surface area contributed by atoms with Gasteiger partial charge in [-0.2, -0.15) is 10.5 Å². The topological polar surface area (TPSA) is 60.0 Å². The average Bonchev–Trinajstić information content (AvgIpc) is 3.18. The summed E-state index contributed by atoms with van der Waals surface area (Å²) in [5.41, 5.74) is 4.51. The first-order valence-electron chi connectivity index (χ1n) is 9.44. The van der Waals surface area contributed by atoms with Crippen molar-refractivity contribution in [3.63, 3.8) is 0 Å². The number of morpholine rings is 1. The summed E-state index contributed by atoms with van der Waals surface area (Å²) >= 11 is 1.63. The molecule has 1 saturated heterocycles. The van der Waals surface area contributed by atoms with Crippen LogP contribution in [0.25, 0.3) is 28.3 Å². The van der Waals surface area contributed by atoms with Gasteiger partial charge in [-0.05, 0) is 17.2 Å². The van der Waals surface area contributed by atoms with E-state index in [4.69, 9.17) is 4.74 Å². The number of thiophene rings is 1. The molecule has 1 fully saturated rings. The third kappa shape index (κ3) is 3.93. The van der Waals surface area contributed by atoms with Crippen LogP contribution < -0.4 is 4.90 Å². The SMILES string of the molecule is N#CC(C#N)=Cc1sc(N2CCOCC2)c(-c2ccccc2)c1-c1ccccc1. The second-order valence-electron chi connectivity index (χ2n) is 6.63. The van der Waals surface area contributed by atoms with Gasteiger partial charge in [-0.15, -0.1) is 11.3 Å². The lowest BCUT2D eigenvalue weighted by atomic mass is 9.95. The Bertz CT molecular complexity index is 1080. The summed E-state index contributed by atoms with van der Waals surface area (Å²) in [6, 6.07) is 24.5. The molecule has 0 N–H and O–H groups in total. The molecule has 0 aliphatic carbocycles. The molecule has 0 amide bonds. The van der Waals surface area contributed by atoms with Crippen LogP contribution in [0.3, 0.4) is 0 Å². The van der Waals surface area contributed by atoms with E-state index in [1.807, 2.05) is 48.5 Å². The van der Waals surface area contributed by atoms with Crippen molar-refractivity contribution in [1.82, 2.24) is 0 Å². The first-order valence-corrected chi connectivity index (χ1v) is 10.3. The van der Waals surface area contributed by atoms with Gasteiger partial charge >= 0.3 is 0 Å². The Morgan fingerprint density at radius 2 is 1.41 bits per heavy atom. The largest absolute Gasteiger partial charge is 0.378 e. The molecule has 29 heavy (non-hydrogen) atoms. The van der Waals surface area contributed by atoms with Gasteiger partial charge in [0.2, 0.25) is 0 Å². The molecule has 1 aliphatic heterocycles. The predicted octanol–water partition coefficient (Wildman–Crippen LogP) is 5.35. The molecule has 3 aromatic rings. The summed E-state index contributed by atoms with van der Waals surface area (Å²) < 4.78 is 5.55. The van der Waals surface area contributed by atoms with Crippen molar-refractivity contribution >= 4 is 22.4 Å². The molecule has 0 bridgehead atoms. The van der Waals surface area contributed by atoms with E-state index in [0.29, 0.717) is 13.2 Å². The molecule has 142 valence electrons. The zero-order valence-corrected chi connectivity index (χ0v) is 16.7. The fourth-order valence-corrected chi connectivity index (χ4v) is 4.85. The molecule has 0 atom stereocenters. The molecule has 0 radical (unpaired) electrons. The number of rotatable bonds is 4. The van der Waals surface area contributed by atoms with E-state index in [-0.39, 0.29) is 5.57 Å². The molecule has 5 heteroatoms. The van der Waals surface area contributed by atoms with Gasteiger partial charge < -0.3 is 9.64 Å². The van der Waals surface area contributed by atoms with Crippen LogP contribution in [0.5, 0.6) is 0 Å². The first-order chi connectivity index (χ1) is 14.3. The zero-order valence-electron chi connectivity index (χ0n) is 15.8. The van der Waals surface area contributed by atoms with Crippen LogP contribution >= 0.6 is 11.3 Å². The van der Waals surface area contributed by atoms with Crippen LogP contribution in [-0.4, -0.2) is 26.3 Å². The van der Waals surface area contributed by atoms with Crippen molar-refractivity contribution in [1.29, 1.82) is 10.5 Å². The van der Waals surface area contributed by atoms with Crippen LogP contribution in [-0.2, 0) is 4.74 Å². The highest BCUT2D eigenvalue weighted by atomic mass is 32.1. The maximum absolute atomic E-state index is 9.33. The number of hydrogen-bond acceptors (Lipinski definition) is 5. The molecule has 0 spiro atoms. The van der Waals surface area contributed by atoms with Gasteiger partial charge in [0.25, 0.3) is 0 Å². The predicted molar refractivity (Wildman–Crippen MR) is 117 cm³/mol. The molecule has 4 nitrogen and oxygen atoms in total. The molecule has 2 aromatic carbocycles. The van der Waals surface area contributed by atoms with Crippen LogP contribution in [0.2, 0.25) is 0 Å². The Kier molecular flexibility index (Phi) is 5.72. The molecular formula is C24H19N3OS. The normalized spacial score (nSPS) is 13.4. The van der Waals surface area contributed by atoms with Gasteiger partial charge in [0.1, 0.15) is 22.7 Å². The number of allylic oxidation sites excluding steroid dienone is 1. The minimum atomic E-state index is 0.108. The Morgan fingerprint density at radius 3 is 1.97 bits per heavy atom. The van der Waals surface area contributed by atoms with Gasteiger partial charge in [0.15, 0.2) is 0 Å². The van der Waals surface area contributed by atoms with Crippen molar-refractivity contribution in [2.45, 2.75) is 0 Å². The summed E-state index contributed by atoms with van der Waals surface area (Å²) in [4.78, 5) is 3.27. The summed E-state index contributed by atoms with van der Waals surface area (Å²) in [5.74, 6) is 0. The van der Waals surface area contributed by atoms with Crippen LogP contribution in [0.15, 0.2) is 66.2 Å². The Hall–Kier alpha value is -3.38. The highest BCUT2D eigenvalue weighted by Crippen LogP contribution is 2.49. The molecule has 0 saturated carbocycles. The Labute approximate surface area is 174 Å². The van der Waals surface area contributed by atoms with Gasteiger partial charge in [-0.3, -0.25) is 0 Å². The van der Waals surface area contributed by atoms with Gasteiger partial charge in [0.05, 0.1) is 13.2 Å². The van der Waals surface area contributed by atoms with Crippen LogP contribution in [0.4, 0.5) is 5.00 Å². The van der Waals surface area contributed by atoms with Crippen molar-refractivity contribution in [3.8, 4) is 34.4 Å². The Morgan fingerprint density at radius 1 is 0.862 bits per heavy atom. The maximum Gasteiger partial charge on any atom is 0.131 e. The summed E-state index contributed by atoms with van der Waals surface area (Å²) in [6.07, 6.45) is 1.71. The number of anilines is 1. The number of nitrogens with zero attached hydrogens (tertiary/aromatic N) is 3. The highest BCUT2D eigenvalue weighted by Gasteiger charge is 2.25. The van der Waals surface area contributed by atoms with Crippen molar-refractivity contribution < 1.29 is 4.74 Å². The lowest BCUT2D eigenvalue weighted by Gasteiger charge is -2.29. The second-order valence-corrected chi connectivity index (χ2v) is 7.67. The maximum atomic E-state index is 9.33. The lowest BCUT2D eigenvalue weighted by Crippen LogP contribution is -2.35. The molecule has 2 heterocycles. The first kappa shape index (κ1) is 19.0. The monoisotopic (exact) mass is 397 g/mol. The fourth-order valence-electron chi connectivity index (χ4n) is 3.51. The van der Waals surface area contributed by atoms with Crippen molar-refractivity contribution in [2.24, 2.45) is 0 Å². The highest BCUT2D eigenvalue weighted by molar-refractivity contribution is 7.18. The van der Waals surface area contributed by atoms with Gasteiger partial charge in [0, 0.05) is 29.1 Å². The summed E-state index contributed by atoms with van der Waals surface area (Å²) in [6.45, 7) is 3.03. The van der Waals surface area contributed by atoms with Gasteiger partial charge in [-0.1, -0.05) is 60.7 Å². The fraction of sp³-hybridized carbons (Fsp3) is 0.167. The molecule has 1 aliphatic rings. The third-order valence-corrected chi connectivity index (χ3v) is 6.05. The van der Waals surface area contributed by atoms with E-state index in [1.165, 1.54) is 0 Å². The van der Waals surface area contributed by atoms with E-state index in [2.05, 4.69) is 29.2 Å². The summed E-state index contributed by atoms with van der Waals surface area (Å²) in [5, 5.41) is 19.8. The van der Waals surface area contributed by atoms with Crippen molar-refractivity contribution in [3.05, 3.63) is 71.1 Å². The minimum Gasteiger partial charge on any atom is -0.378 e. The van der Waals surface area contributed by atoms with E-state index in [1.54, 1.807) is 17.4 Å². The standard InChI is InChI=1S/C24H19N3OS/c25-16-18(17-26)15-21-22(19-7-3-1-4-8-19)23(20-9-5-2-6-10-20)24(29-21)27-11-13-28-14-12-27/h1-10,15H,11-14H2. The van der Waals surface area contributed by atoms with E-state index < -0.39 is 0 Å². The molecule has 1 aromatic heterocycles. The second kappa shape index (κ2) is 8.75. The quantitative estimate of drug-likeness (QED) is 0.557.